The van der Waals surface area contributed by atoms with Gasteiger partial charge in [-0.3, -0.25) is 9.63 Å². The number of benzene rings is 2. The number of nitrogens with two attached hydrogens (primary N) is 1. The summed E-state index contributed by atoms with van der Waals surface area (Å²) in [6.07, 6.45) is 2.30. The standard InChI is InChI=1S/C20H19F2N3O2/c21-13-8-14-18-15(10-27-25-20(14)26)19(24-17(18)9-13)12-5-4-11(16(22)7-12)3-1-2-6-23/h4-5,7-9,24H,1-3,6,10,23H2,(H,25,26). The maximum Gasteiger partial charge on any atom is 0.275 e. The average Bonchev–Trinajstić information content (AvgIpc) is 2.91. The highest BCUT2D eigenvalue weighted by atomic mass is 19.1. The summed E-state index contributed by atoms with van der Waals surface area (Å²) in [5, 5.41) is 0.592. The topological polar surface area (TPSA) is 80.1 Å². The number of hydroxylamine groups is 1. The number of aromatic amines is 1. The number of hydrogen-bond acceptors (Lipinski definition) is 3. The molecule has 140 valence electrons. The van der Waals surface area contributed by atoms with E-state index in [4.69, 9.17) is 10.6 Å². The van der Waals surface area contributed by atoms with Crippen LogP contribution in [0.4, 0.5) is 8.78 Å². The lowest BCUT2D eigenvalue weighted by Gasteiger charge is -2.08. The number of aromatic nitrogens is 1. The van der Waals surface area contributed by atoms with Gasteiger partial charge in [0.1, 0.15) is 18.2 Å². The number of nitrogens with one attached hydrogen (secondary N) is 2. The Morgan fingerprint density at radius 1 is 1.15 bits per heavy atom. The molecule has 4 N–H and O–H groups in total. The van der Waals surface area contributed by atoms with Gasteiger partial charge in [-0.2, -0.15) is 0 Å². The molecular weight excluding hydrogens is 352 g/mol. The molecule has 7 heteroatoms. The highest BCUT2D eigenvalue weighted by molar-refractivity contribution is 6.09. The number of carbonyl (C=O) groups excluding carboxylic acids is 1. The van der Waals surface area contributed by atoms with Crippen LogP contribution < -0.4 is 11.2 Å². The average molecular weight is 371 g/mol. The van der Waals surface area contributed by atoms with E-state index in [1.165, 1.54) is 18.2 Å². The lowest BCUT2D eigenvalue weighted by Crippen LogP contribution is -2.21. The number of aryl methyl sites for hydroxylation is 1. The number of rotatable bonds is 5. The van der Waals surface area contributed by atoms with Crippen molar-refractivity contribution in [2.24, 2.45) is 5.73 Å². The lowest BCUT2D eigenvalue weighted by molar-refractivity contribution is 0.0255. The van der Waals surface area contributed by atoms with Gasteiger partial charge in [-0.25, -0.2) is 14.3 Å². The van der Waals surface area contributed by atoms with E-state index in [1.54, 1.807) is 6.07 Å². The molecule has 0 radical (unpaired) electrons. The van der Waals surface area contributed by atoms with E-state index in [1.807, 2.05) is 6.07 Å². The number of hydrogen-bond donors (Lipinski definition) is 3. The molecule has 0 saturated carbocycles. The Bertz CT molecular complexity index is 1030. The van der Waals surface area contributed by atoms with E-state index in [9.17, 15) is 13.6 Å². The van der Waals surface area contributed by atoms with Gasteiger partial charge in [-0.15, -0.1) is 0 Å². The van der Waals surface area contributed by atoms with Crippen molar-refractivity contribution < 1.29 is 18.4 Å². The molecule has 0 atom stereocenters. The van der Waals surface area contributed by atoms with Crippen molar-refractivity contribution >= 4 is 16.8 Å². The molecule has 2 heterocycles. The van der Waals surface area contributed by atoms with Gasteiger partial charge in [0.25, 0.3) is 5.91 Å². The maximum absolute atomic E-state index is 14.6. The second kappa shape index (κ2) is 7.09. The first kappa shape index (κ1) is 17.6. The Kier molecular flexibility index (Phi) is 4.63. The first-order chi connectivity index (χ1) is 13.1. The van der Waals surface area contributed by atoms with Crippen LogP contribution in [0.15, 0.2) is 30.3 Å². The molecule has 1 aliphatic rings. The van der Waals surface area contributed by atoms with E-state index >= 15 is 0 Å². The van der Waals surface area contributed by atoms with Gasteiger partial charge in [-0.05, 0) is 49.6 Å². The molecule has 27 heavy (non-hydrogen) atoms. The second-order valence-electron chi connectivity index (χ2n) is 6.63. The molecule has 4 rings (SSSR count). The van der Waals surface area contributed by atoms with Crippen molar-refractivity contribution in [1.29, 1.82) is 0 Å². The van der Waals surface area contributed by atoms with E-state index < -0.39 is 11.7 Å². The molecule has 1 aliphatic heterocycles. The predicted molar refractivity (Wildman–Crippen MR) is 97.9 cm³/mol. The van der Waals surface area contributed by atoms with Crippen LogP contribution in [-0.2, 0) is 17.9 Å². The third-order valence-corrected chi connectivity index (χ3v) is 4.83. The summed E-state index contributed by atoms with van der Waals surface area (Å²) in [7, 11) is 0. The highest BCUT2D eigenvalue weighted by Gasteiger charge is 2.24. The molecule has 0 unspecified atom stereocenters. The van der Waals surface area contributed by atoms with Gasteiger partial charge >= 0.3 is 0 Å². The van der Waals surface area contributed by atoms with Gasteiger partial charge in [0.05, 0.1) is 11.3 Å². The molecule has 0 spiro atoms. The molecule has 3 aromatic rings. The fourth-order valence-corrected chi connectivity index (χ4v) is 3.53. The highest BCUT2D eigenvalue weighted by Crippen LogP contribution is 2.35. The molecule has 0 aliphatic carbocycles. The predicted octanol–water partition coefficient (Wildman–Crippen LogP) is 3.57. The van der Waals surface area contributed by atoms with Crippen molar-refractivity contribution in [3.63, 3.8) is 0 Å². The van der Waals surface area contributed by atoms with Crippen LogP contribution in [0.2, 0.25) is 0 Å². The summed E-state index contributed by atoms with van der Waals surface area (Å²) < 4.78 is 28.5. The van der Waals surface area contributed by atoms with Crippen LogP contribution in [0.3, 0.4) is 0 Å². The Morgan fingerprint density at radius 2 is 2.00 bits per heavy atom. The van der Waals surface area contributed by atoms with Crippen LogP contribution in [0.5, 0.6) is 0 Å². The summed E-state index contributed by atoms with van der Waals surface area (Å²) in [6, 6.07) is 7.52. The number of unbranched alkanes of at least 4 members (excludes halogenated alkanes) is 1. The SMILES string of the molecule is NCCCCc1ccc(-c2[nH]c3cc(F)cc4c3c2CONC4=O)cc1F. The summed E-state index contributed by atoms with van der Waals surface area (Å²) >= 11 is 0. The Labute approximate surface area is 154 Å². The van der Waals surface area contributed by atoms with E-state index in [0.717, 1.165) is 12.8 Å². The van der Waals surface area contributed by atoms with E-state index in [0.29, 0.717) is 46.3 Å². The zero-order chi connectivity index (χ0) is 19.0. The fraction of sp³-hybridized carbons (Fsp3) is 0.250. The molecule has 5 nitrogen and oxygen atoms in total. The minimum atomic E-state index is -0.532. The minimum absolute atomic E-state index is 0.0968. The first-order valence-corrected chi connectivity index (χ1v) is 8.83. The summed E-state index contributed by atoms with van der Waals surface area (Å²) in [5.41, 5.74) is 11.0. The summed E-state index contributed by atoms with van der Waals surface area (Å²) in [4.78, 5) is 20.5. The molecule has 1 amide bonds. The largest absolute Gasteiger partial charge is 0.354 e. The zero-order valence-electron chi connectivity index (χ0n) is 14.6. The molecular formula is C20H19F2N3O2. The summed E-state index contributed by atoms with van der Waals surface area (Å²) in [6.45, 7) is 0.684. The van der Waals surface area contributed by atoms with Gasteiger partial charge in [0, 0.05) is 22.0 Å². The maximum atomic E-state index is 14.6. The molecule has 0 saturated heterocycles. The normalized spacial score (nSPS) is 13.7. The van der Waals surface area contributed by atoms with E-state index in [-0.39, 0.29) is 18.0 Å². The van der Waals surface area contributed by atoms with Crippen LogP contribution in [0.1, 0.15) is 34.3 Å². The molecule has 0 fully saturated rings. The third kappa shape index (κ3) is 3.20. The van der Waals surface area contributed by atoms with Crippen LogP contribution in [0, 0.1) is 11.6 Å². The zero-order valence-corrected chi connectivity index (χ0v) is 14.6. The summed E-state index contributed by atoms with van der Waals surface area (Å²) in [5.74, 6) is -1.34. The first-order valence-electron chi connectivity index (χ1n) is 8.83. The number of H-pyrrole nitrogens is 1. The van der Waals surface area contributed by atoms with Gasteiger partial charge < -0.3 is 10.7 Å². The smallest absolute Gasteiger partial charge is 0.275 e. The van der Waals surface area contributed by atoms with Crippen LogP contribution in [0.25, 0.3) is 22.2 Å². The fourth-order valence-electron chi connectivity index (χ4n) is 3.53. The molecule has 0 bridgehead atoms. The Morgan fingerprint density at radius 3 is 2.78 bits per heavy atom. The van der Waals surface area contributed by atoms with Gasteiger partial charge in [0.15, 0.2) is 0 Å². The molecule has 1 aromatic heterocycles. The monoisotopic (exact) mass is 371 g/mol. The van der Waals surface area contributed by atoms with E-state index in [2.05, 4.69) is 10.5 Å². The minimum Gasteiger partial charge on any atom is -0.354 e. The Hall–Kier alpha value is -2.77. The van der Waals surface area contributed by atoms with Crippen molar-refractivity contribution in [1.82, 2.24) is 10.5 Å². The van der Waals surface area contributed by atoms with Crippen LogP contribution >= 0.6 is 0 Å². The van der Waals surface area contributed by atoms with Crippen molar-refractivity contribution in [3.8, 4) is 11.3 Å². The van der Waals surface area contributed by atoms with Crippen molar-refractivity contribution in [2.75, 3.05) is 6.54 Å². The second-order valence-corrected chi connectivity index (χ2v) is 6.63. The lowest BCUT2D eigenvalue weighted by atomic mass is 10.00. The quantitative estimate of drug-likeness (QED) is 0.600. The van der Waals surface area contributed by atoms with Gasteiger partial charge in [0.2, 0.25) is 0 Å². The third-order valence-electron chi connectivity index (χ3n) is 4.83. The van der Waals surface area contributed by atoms with Crippen LogP contribution in [-0.4, -0.2) is 17.4 Å². The Balaban J connectivity index is 1.80. The van der Waals surface area contributed by atoms with Crippen molar-refractivity contribution in [2.45, 2.75) is 25.9 Å². The number of halogens is 2. The number of amides is 1. The van der Waals surface area contributed by atoms with Crippen molar-refractivity contribution in [3.05, 3.63) is 58.7 Å². The van der Waals surface area contributed by atoms with Gasteiger partial charge in [-0.1, -0.05) is 12.1 Å². The molecule has 2 aromatic carbocycles. The number of carbonyl (C=O) groups is 1.